The zero-order valence-electron chi connectivity index (χ0n) is 11.8. The van der Waals surface area contributed by atoms with Crippen LogP contribution >= 0.6 is 0 Å². The molecule has 21 heavy (non-hydrogen) atoms. The fraction of sp³-hybridized carbons (Fsp3) is 0.176. The van der Waals surface area contributed by atoms with E-state index < -0.39 is 0 Å². The highest BCUT2D eigenvalue weighted by Crippen LogP contribution is 2.33. The SMILES string of the molecule is CN1C(=O)CC(=O)N(Cc2ccccc2)c2ccccc21. The Kier molecular flexibility index (Phi) is 3.44. The molecule has 106 valence electrons. The molecule has 1 aliphatic heterocycles. The summed E-state index contributed by atoms with van der Waals surface area (Å²) in [6.45, 7) is 0.470. The third-order valence-electron chi connectivity index (χ3n) is 3.70. The molecule has 0 saturated carbocycles. The molecule has 0 radical (unpaired) electrons. The van der Waals surface area contributed by atoms with E-state index in [0.717, 1.165) is 16.9 Å². The van der Waals surface area contributed by atoms with Gasteiger partial charge in [0.1, 0.15) is 6.42 Å². The first kappa shape index (κ1) is 13.4. The number of nitrogens with zero attached hydrogens (tertiary/aromatic N) is 2. The van der Waals surface area contributed by atoms with Gasteiger partial charge in [0.2, 0.25) is 11.8 Å². The largest absolute Gasteiger partial charge is 0.313 e. The van der Waals surface area contributed by atoms with E-state index in [1.54, 1.807) is 16.8 Å². The van der Waals surface area contributed by atoms with Crippen molar-refractivity contribution < 1.29 is 9.59 Å². The third-order valence-corrected chi connectivity index (χ3v) is 3.70. The second kappa shape index (κ2) is 5.40. The Morgan fingerprint density at radius 3 is 2.19 bits per heavy atom. The number of para-hydroxylation sites is 2. The molecular formula is C17H16N2O2. The van der Waals surface area contributed by atoms with Crippen molar-refractivity contribution in [3.63, 3.8) is 0 Å². The van der Waals surface area contributed by atoms with Crippen molar-refractivity contribution in [3.8, 4) is 0 Å². The molecule has 1 aliphatic rings. The van der Waals surface area contributed by atoms with Crippen molar-refractivity contribution in [2.75, 3.05) is 16.8 Å². The average molecular weight is 280 g/mol. The first-order valence-corrected chi connectivity index (χ1v) is 6.86. The molecule has 2 aromatic rings. The fourth-order valence-corrected chi connectivity index (χ4v) is 2.53. The number of rotatable bonds is 2. The lowest BCUT2D eigenvalue weighted by molar-refractivity contribution is -0.126. The van der Waals surface area contributed by atoms with Crippen LogP contribution in [0.2, 0.25) is 0 Å². The molecular weight excluding hydrogens is 264 g/mol. The number of carbonyl (C=O) groups is 2. The van der Waals surface area contributed by atoms with Crippen LogP contribution < -0.4 is 9.80 Å². The zero-order valence-corrected chi connectivity index (χ0v) is 11.8. The van der Waals surface area contributed by atoms with E-state index in [-0.39, 0.29) is 18.2 Å². The number of fused-ring (bicyclic) bond motifs is 1. The van der Waals surface area contributed by atoms with Crippen molar-refractivity contribution >= 4 is 23.2 Å². The Labute approximate surface area is 123 Å². The molecule has 1 heterocycles. The van der Waals surface area contributed by atoms with Crippen LogP contribution in [-0.2, 0) is 16.1 Å². The highest BCUT2D eigenvalue weighted by atomic mass is 16.2. The van der Waals surface area contributed by atoms with E-state index in [2.05, 4.69) is 0 Å². The van der Waals surface area contributed by atoms with Gasteiger partial charge in [-0.3, -0.25) is 9.59 Å². The predicted octanol–water partition coefficient (Wildman–Crippen LogP) is 2.59. The quantitative estimate of drug-likeness (QED) is 0.793. The number of anilines is 2. The van der Waals surface area contributed by atoms with Crippen LogP contribution in [0.1, 0.15) is 12.0 Å². The number of hydrogen-bond donors (Lipinski definition) is 0. The Hall–Kier alpha value is -2.62. The minimum absolute atomic E-state index is 0.0992. The minimum Gasteiger partial charge on any atom is -0.313 e. The average Bonchev–Trinajstić information content (AvgIpc) is 2.60. The zero-order chi connectivity index (χ0) is 14.8. The van der Waals surface area contributed by atoms with Gasteiger partial charge in [-0.25, -0.2) is 0 Å². The Morgan fingerprint density at radius 1 is 0.857 bits per heavy atom. The lowest BCUT2D eigenvalue weighted by Crippen LogP contribution is -2.31. The van der Waals surface area contributed by atoms with Gasteiger partial charge in [0.05, 0.1) is 17.9 Å². The molecule has 0 spiro atoms. The van der Waals surface area contributed by atoms with Crippen LogP contribution in [-0.4, -0.2) is 18.9 Å². The molecule has 0 atom stereocenters. The summed E-state index contributed by atoms with van der Waals surface area (Å²) in [5, 5.41) is 0. The summed E-state index contributed by atoms with van der Waals surface area (Å²) < 4.78 is 0. The van der Waals surface area contributed by atoms with Gasteiger partial charge in [-0.05, 0) is 17.7 Å². The first-order valence-electron chi connectivity index (χ1n) is 6.86. The second-order valence-electron chi connectivity index (χ2n) is 5.08. The van der Waals surface area contributed by atoms with Crippen LogP contribution in [0.25, 0.3) is 0 Å². The molecule has 0 unspecified atom stereocenters. The van der Waals surface area contributed by atoms with Crippen molar-refractivity contribution in [2.24, 2.45) is 0 Å². The van der Waals surface area contributed by atoms with Gasteiger partial charge < -0.3 is 9.80 Å². The topological polar surface area (TPSA) is 40.6 Å². The van der Waals surface area contributed by atoms with E-state index in [4.69, 9.17) is 0 Å². The van der Waals surface area contributed by atoms with Gasteiger partial charge >= 0.3 is 0 Å². The van der Waals surface area contributed by atoms with Crippen LogP contribution in [0.4, 0.5) is 11.4 Å². The lowest BCUT2D eigenvalue weighted by Gasteiger charge is -2.23. The summed E-state index contributed by atoms with van der Waals surface area (Å²) in [5.74, 6) is -0.344. The maximum absolute atomic E-state index is 12.4. The van der Waals surface area contributed by atoms with Crippen LogP contribution in [0.15, 0.2) is 54.6 Å². The van der Waals surface area contributed by atoms with E-state index in [0.29, 0.717) is 6.54 Å². The summed E-state index contributed by atoms with van der Waals surface area (Å²) in [6, 6.07) is 17.3. The maximum Gasteiger partial charge on any atom is 0.236 e. The van der Waals surface area contributed by atoms with Crippen molar-refractivity contribution in [1.82, 2.24) is 0 Å². The molecule has 4 nitrogen and oxygen atoms in total. The van der Waals surface area contributed by atoms with Gasteiger partial charge in [0.25, 0.3) is 0 Å². The van der Waals surface area contributed by atoms with E-state index >= 15 is 0 Å². The van der Waals surface area contributed by atoms with E-state index in [1.165, 1.54) is 0 Å². The molecule has 0 N–H and O–H groups in total. The van der Waals surface area contributed by atoms with Crippen molar-refractivity contribution in [1.29, 1.82) is 0 Å². The standard InChI is InChI=1S/C17H16N2O2/c1-18-14-9-5-6-10-15(14)19(17(21)11-16(18)20)12-13-7-3-2-4-8-13/h2-10H,11-12H2,1H3. The molecule has 0 aromatic heterocycles. The summed E-state index contributed by atoms with van der Waals surface area (Å²) in [5.41, 5.74) is 2.58. The molecule has 4 heteroatoms. The number of benzene rings is 2. The predicted molar refractivity (Wildman–Crippen MR) is 82.1 cm³/mol. The van der Waals surface area contributed by atoms with E-state index in [9.17, 15) is 9.59 Å². The second-order valence-corrected chi connectivity index (χ2v) is 5.08. The molecule has 0 aliphatic carbocycles. The summed E-state index contributed by atoms with van der Waals surface area (Å²) in [7, 11) is 1.71. The lowest BCUT2D eigenvalue weighted by atomic mass is 10.1. The number of hydrogen-bond acceptors (Lipinski definition) is 2. The van der Waals surface area contributed by atoms with Gasteiger partial charge in [0.15, 0.2) is 0 Å². The molecule has 3 rings (SSSR count). The molecule has 0 fully saturated rings. The summed E-state index contributed by atoms with van der Waals surface area (Å²) >= 11 is 0. The van der Waals surface area contributed by atoms with Crippen molar-refractivity contribution in [2.45, 2.75) is 13.0 Å². The summed E-state index contributed by atoms with van der Waals surface area (Å²) in [6.07, 6.45) is -0.0992. The molecule has 0 saturated heterocycles. The molecule has 2 aromatic carbocycles. The third kappa shape index (κ3) is 2.52. The van der Waals surface area contributed by atoms with Gasteiger partial charge in [-0.15, -0.1) is 0 Å². The Bertz CT molecular complexity index is 682. The minimum atomic E-state index is -0.178. The number of amides is 2. The first-order chi connectivity index (χ1) is 10.2. The maximum atomic E-state index is 12.4. The highest BCUT2D eigenvalue weighted by molar-refractivity contribution is 6.15. The monoisotopic (exact) mass is 280 g/mol. The molecule has 0 bridgehead atoms. The Balaban J connectivity index is 2.04. The van der Waals surface area contributed by atoms with Crippen LogP contribution in [0.3, 0.4) is 0 Å². The highest BCUT2D eigenvalue weighted by Gasteiger charge is 2.29. The number of carbonyl (C=O) groups excluding carboxylic acids is 2. The van der Waals surface area contributed by atoms with Crippen LogP contribution in [0, 0.1) is 0 Å². The normalized spacial score (nSPS) is 14.9. The Morgan fingerprint density at radius 2 is 1.48 bits per heavy atom. The summed E-state index contributed by atoms with van der Waals surface area (Å²) in [4.78, 5) is 27.7. The van der Waals surface area contributed by atoms with E-state index in [1.807, 2.05) is 54.6 Å². The molecule has 2 amide bonds. The van der Waals surface area contributed by atoms with Gasteiger partial charge in [-0.1, -0.05) is 42.5 Å². The van der Waals surface area contributed by atoms with Gasteiger partial charge in [0, 0.05) is 7.05 Å². The fourth-order valence-electron chi connectivity index (χ4n) is 2.53. The smallest absolute Gasteiger partial charge is 0.236 e. The van der Waals surface area contributed by atoms with Crippen LogP contribution in [0.5, 0.6) is 0 Å². The van der Waals surface area contributed by atoms with Gasteiger partial charge in [-0.2, -0.15) is 0 Å². The van der Waals surface area contributed by atoms with Crippen molar-refractivity contribution in [3.05, 3.63) is 60.2 Å².